The molecule has 2 atom stereocenters. The zero-order chi connectivity index (χ0) is 12.7. The van der Waals surface area contributed by atoms with Crippen LogP contribution in [0.5, 0.6) is 0 Å². The molecular weight excluding hydrogens is 216 g/mol. The molecule has 0 heterocycles. The first-order valence-electron chi connectivity index (χ1n) is 5.86. The first-order chi connectivity index (χ1) is 8.13. The fourth-order valence-electron chi connectivity index (χ4n) is 1.68. The van der Waals surface area contributed by atoms with Gasteiger partial charge in [0.05, 0.1) is 6.10 Å². The molecule has 0 saturated heterocycles. The van der Waals surface area contributed by atoms with Crippen LogP contribution in [0.2, 0.25) is 0 Å². The lowest BCUT2D eigenvalue weighted by Gasteiger charge is -2.18. The van der Waals surface area contributed by atoms with Crippen molar-refractivity contribution in [1.29, 1.82) is 0 Å². The first kappa shape index (κ1) is 13.7. The standard InChI is InChI=1S/C13H20N2O2/c1-10(15-13(17)7-8-14)9-12(16)11-5-3-2-4-6-11/h2-6,10,12,16H,7-9,14H2,1H3,(H,15,17). The van der Waals surface area contributed by atoms with E-state index < -0.39 is 6.10 Å². The second-order valence-corrected chi connectivity index (χ2v) is 4.17. The SMILES string of the molecule is CC(CC(O)c1ccccc1)NC(=O)CCN. The van der Waals surface area contributed by atoms with Gasteiger partial charge in [0, 0.05) is 19.0 Å². The van der Waals surface area contributed by atoms with E-state index in [1.807, 2.05) is 37.3 Å². The van der Waals surface area contributed by atoms with Crippen LogP contribution < -0.4 is 11.1 Å². The summed E-state index contributed by atoms with van der Waals surface area (Å²) in [5.41, 5.74) is 6.16. The maximum atomic E-state index is 11.3. The third-order valence-corrected chi connectivity index (χ3v) is 2.54. The molecule has 4 heteroatoms. The van der Waals surface area contributed by atoms with E-state index in [0.717, 1.165) is 5.56 Å². The quantitative estimate of drug-likeness (QED) is 0.688. The number of hydrogen-bond acceptors (Lipinski definition) is 3. The average Bonchev–Trinajstić information content (AvgIpc) is 2.30. The van der Waals surface area contributed by atoms with Crippen molar-refractivity contribution < 1.29 is 9.90 Å². The van der Waals surface area contributed by atoms with E-state index in [0.29, 0.717) is 19.4 Å². The minimum Gasteiger partial charge on any atom is -0.388 e. The normalized spacial score (nSPS) is 14.1. The zero-order valence-electron chi connectivity index (χ0n) is 10.1. The number of rotatable bonds is 6. The summed E-state index contributed by atoms with van der Waals surface area (Å²) in [5.74, 6) is -0.0692. The Morgan fingerprint density at radius 1 is 1.41 bits per heavy atom. The van der Waals surface area contributed by atoms with E-state index >= 15 is 0 Å². The molecule has 0 radical (unpaired) electrons. The van der Waals surface area contributed by atoms with Gasteiger partial charge in [0.1, 0.15) is 0 Å². The first-order valence-corrected chi connectivity index (χ1v) is 5.86. The Bertz CT molecular complexity index is 341. The van der Waals surface area contributed by atoms with Crippen LogP contribution in [0.3, 0.4) is 0 Å². The molecule has 4 N–H and O–H groups in total. The third-order valence-electron chi connectivity index (χ3n) is 2.54. The highest BCUT2D eigenvalue weighted by molar-refractivity contribution is 5.76. The summed E-state index contributed by atoms with van der Waals surface area (Å²) < 4.78 is 0. The number of nitrogens with one attached hydrogen (secondary N) is 1. The Balaban J connectivity index is 2.41. The molecule has 0 fully saturated rings. The minimum absolute atomic E-state index is 0.0655. The summed E-state index contributed by atoms with van der Waals surface area (Å²) in [7, 11) is 0. The molecule has 0 aliphatic heterocycles. The summed E-state index contributed by atoms with van der Waals surface area (Å²) in [6.07, 6.45) is 0.274. The molecule has 0 bridgehead atoms. The number of nitrogens with two attached hydrogens (primary N) is 1. The third kappa shape index (κ3) is 4.97. The molecule has 1 rings (SSSR count). The van der Waals surface area contributed by atoms with Crippen molar-refractivity contribution in [2.75, 3.05) is 6.54 Å². The second-order valence-electron chi connectivity index (χ2n) is 4.17. The molecule has 17 heavy (non-hydrogen) atoms. The maximum Gasteiger partial charge on any atom is 0.221 e. The summed E-state index contributed by atoms with van der Waals surface area (Å²) in [4.78, 5) is 11.3. The van der Waals surface area contributed by atoms with Gasteiger partial charge >= 0.3 is 0 Å². The van der Waals surface area contributed by atoms with E-state index in [4.69, 9.17) is 5.73 Å². The fraction of sp³-hybridized carbons (Fsp3) is 0.462. The molecule has 0 spiro atoms. The molecule has 0 aliphatic rings. The number of benzene rings is 1. The lowest BCUT2D eigenvalue weighted by Crippen LogP contribution is -2.34. The van der Waals surface area contributed by atoms with Crippen molar-refractivity contribution in [3.63, 3.8) is 0 Å². The molecule has 4 nitrogen and oxygen atoms in total. The van der Waals surface area contributed by atoms with E-state index in [1.54, 1.807) is 0 Å². The Morgan fingerprint density at radius 3 is 2.65 bits per heavy atom. The highest BCUT2D eigenvalue weighted by Crippen LogP contribution is 2.17. The number of carbonyl (C=O) groups is 1. The number of amides is 1. The highest BCUT2D eigenvalue weighted by atomic mass is 16.3. The number of aliphatic hydroxyl groups excluding tert-OH is 1. The van der Waals surface area contributed by atoms with Gasteiger partial charge in [0.25, 0.3) is 0 Å². The van der Waals surface area contributed by atoms with Crippen molar-refractivity contribution in [2.45, 2.75) is 31.9 Å². The van der Waals surface area contributed by atoms with Crippen molar-refractivity contribution in [2.24, 2.45) is 5.73 Å². The largest absolute Gasteiger partial charge is 0.388 e. The molecule has 0 saturated carbocycles. The molecule has 2 unspecified atom stereocenters. The van der Waals surface area contributed by atoms with Crippen LogP contribution in [0.1, 0.15) is 31.4 Å². The Labute approximate surface area is 102 Å². The molecule has 1 amide bonds. The monoisotopic (exact) mass is 236 g/mol. The van der Waals surface area contributed by atoms with Gasteiger partial charge in [0.15, 0.2) is 0 Å². The highest BCUT2D eigenvalue weighted by Gasteiger charge is 2.13. The molecule has 1 aromatic carbocycles. The Hall–Kier alpha value is -1.39. The summed E-state index contributed by atoms with van der Waals surface area (Å²) in [6.45, 7) is 2.22. The maximum absolute atomic E-state index is 11.3. The Kier molecular flexibility index (Phi) is 5.66. The van der Waals surface area contributed by atoms with Crippen molar-refractivity contribution in [1.82, 2.24) is 5.32 Å². The van der Waals surface area contributed by atoms with Gasteiger partial charge in [-0.1, -0.05) is 30.3 Å². The topological polar surface area (TPSA) is 75.3 Å². The van der Waals surface area contributed by atoms with E-state index in [9.17, 15) is 9.90 Å². The van der Waals surface area contributed by atoms with Gasteiger partial charge in [0.2, 0.25) is 5.91 Å². The van der Waals surface area contributed by atoms with Gasteiger partial charge in [-0.2, -0.15) is 0 Å². The fourth-order valence-corrected chi connectivity index (χ4v) is 1.68. The smallest absolute Gasteiger partial charge is 0.221 e. The van der Waals surface area contributed by atoms with Crippen LogP contribution in [0.4, 0.5) is 0 Å². The summed E-state index contributed by atoms with van der Waals surface area (Å²) >= 11 is 0. The van der Waals surface area contributed by atoms with Crippen LogP contribution in [0.25, 0.3) is 0 Å². The predicted octanol–water partition coefficient (Wildman–Crippen LogP) is 0.964. The van der Waals surface area contributed by atoms with Gasteiger partial charge in [-0.05, 0) is 18.9 Å². The van der Waals surface area contributed by atoms with Crippen LogP contribution in [0, 0.1) is 0 Å². The van der Waals surface area contributed by atoms with Gasteiger partial charge < -0.3 is 16.2 Å². The molecule has 0 aromatic heterocycles. The van der Waals surface area contributed by atoms with Crippen LogP contribution in [0.15, 0.2) is 30.3 Å². The molecule has 94 valence electrons. The van der Waals surface area contributed by atoms with Crippen LogP contribution in [-0.4, -0.2) is 23.6 Å². The van der Waals surface area contributed by atoms with E-state index in [-0.39, 0.29) is 11.9 Å². The van der Waals surface area contributed by atoms with Crippen molar-refractivity contribution in [3.8, 4) is 0 Å². The minimum atomic E-state index is -0.552. The lowest BCUT2D eigenvalue weighted by molar-refractivity contribution is -0.121. The second kappa shape index (κ2) is 7.04. The van der Waals surface area contributed by atoms with E-state index in [1.165, 1.54) is 0 Å². The number of aliphatic hydroxyl groups is 1. The predicted molar refractivity (Wildman–Crippen MR) is 67.3 cm³/mol. The van der Waals surface area contributed by atoms with Crippen molar-refractivity contribution in [3.05, 3.63) is 35.9 Å². The zero-order valence-corrected chi connectivity index (χ0v) is 10.1. The molecule has 0 aliphatic carbocycles. The number of carbonyl (C=O) groups excluding carboxylic acids is 1. The Morgan fingerprint density at radius 2 is 2.06 bits per heavy atom. The van der Waals surface area contributed by atoms with Gasteiger partial charge in [-0.15, -0.1) is 0 Å². The van der Waals surface area contributed by atoms with Crippen LogP contribution >= 0.6 is 0 Å². The molecule has 1 aromatic rings. The summed E-state index contributed by atoms with van der Waals surface area (Å²) in [6, 6.07) is 9.36. The van der Waals surface area contributed by atoms with Gasteiger partial charge in [-0.25, -0.2) is 0 Å². The lowest BCUT2D eigenvalue weighted by atomic mass is 10.0. The molecular formula is C13H20N2O2. The number of hydrogen-bond donors (Lipinski definition) is 3. The van der Waals surface area contributed by atoms with E-state index in [2.05, 4.69) is 5.32 Å². The average molecular weight is 236 g/mol. The van der Waals surface area contributed by atoms with Gasteiger partial charge in [-0.3, -0.25) is 4.79 Å². The van der Waals surface area contributed by atoms with Crippen LogP contribution in [-0.2, 0) is 4.79 Å². The summed E-state index contributed by atoms with van der Waals surface area (Å²) in [5, 5.41) is 12.8. The van der Waals surface area contributed by atoms with Crippen molar-refractivity contribution >= 4 is 5.91 Å².